The van der Waals surface area contributed by atoms with E-state index in [4.69, 9.17) is 5.73 Å². The van der Waals surface area contributed by atoms with Crippen molar-refractivity contribution in [2.45, 2.75) is 70.4 Å². The zero-order valence-electron chi connectivity index (χ0n) is 16.0. The van der Waals surface area contributed by atoms with E-state index in [0.29, 0.717) is 19.5 Å². The van der Waals surface area contributed by atoms with Crippen molar-refractivity contribution in [1.29, 1.82) is 0 Å². The summed E-state index contributed by atoms with van der Waals surface area (Å²) in [6.07, 6.45) is 8.44. The second-order valence-corrected chi connectivity index (χ2v) is 7.15. The molecule has 3 N–H and O–H groups in total. The molecule has 6 nitrogen and oxygen atoms in total. The van der Waals surface area contributed by atoms with Gasteiger partial charge in [0, 0.05) is 32.1 Å². The van der Waals surface area contributed by atoms with Gasteiger partial charge in [0.1, 0.15) is 0 Å². The molecule has 2 heterocycles. The minimum absolute atomic E-state index is 0. The highest BCUT2D eigenvalue weighted by Gasteiger charge is 2.32. The fourth-order valence-electron chi connectivity index (χ4n) is 3.83. The molecule has 26 heavy (non-hydrogen) atoms. The van der Waals surface area contributed by atoms with Crippen LogP contribution in [-0.4, -0.2) is 66.4 Å². The molecule has 2 rings (SSSR count). The highest BCUT2D eigenvalue weighted by atomic mass is 35.5. The number of amides is 2. The molecule has 0 aromatic rings. The quantitative estimate of drug-likeness (QED) is 0.700. The minimum atomic E-state index is -0.0524. The number of piperidine rings is 1. The summed E-state index contributed by atoms with van der Waals surface area (Å²) in [7, 11) is 0. The number of halogens is 2. The van der Waals surface area contributed by atoms with Gasteiger partial charge in [0.15, 0.2) is 0 Å². The summed E-state index contributed by atoms with van der Waals surface area (Å²) in [5.74, 6) is 0.214. The van der Waals surface area contributed by atoms with E-state index >= 15 is 0 Å². The van der Waals surface area contributed by atoms with Gasteiger partial charge in [-0.25, -0.2) is 0 Å². The molecule has 8 heteroatoms. The number of nitrogens with zero attached hydrogens (tertiary/aromatic N) is 2. The molecule has 2 saturated heterocycles. The van der Waals surface area contributed by atoms with Crippen LogP contribution in [-0.2, 0) is 9.59 Å². The summed E-state index contributed by atoms with van der Waals surface area (Å²) >= 11 is 0. The monoisotopic (exact) mass is 410 g/mol. The Labute approximate surface area is 170 Å². The lowest BCUT2D eigenvalue weighted by molar-refractivity contribution is -0.140. The summed E-state index contributed by atoms with van der Waals surface area (Å²) in [6, 6.07) is 0.0749. The molecule has 2 aliphatic heterocycles. The molecule has 154 valence electrons. The maximum atomic E-state index is 13.0. The van der Waals surface area contributed by atoms with Crippen molar-refractivity contribution in [2.75, 3.05) is 32.7 Å². The summed E-state index contributed by atoms with van der Waals surface area (Å²) in [5, 5.41) is 2.94. The van der Waals surface area contributed by atoms with Crippen molar-refractivity contribution in [2.24, 2.45) is 5.73 Å². The highest BCUT2D eigenvalue weighted by molar-refractivity contribution is 5.85. The fraction of sp³-hybridized carbons (Fsp3) is 0.889. The second-order valence-electron chi connectivity index (χ2n) is 7.15. The van der Waals surface area contributed by atoms with Crippen molar-refractivity contribution < 1.29 is 9.59 Å². The van der Waals surface area contributed by atoms with Gasteiger partial charge < -0.3 is 16.0 Å². The summed E-state index contributed by atoms with van der Waals surface area (Å²) in [6.45, 7) is 5.83. The lowest BCUT2D eigenvalue weighted by Gasteiger charge is -2.39. The van der Waals surface area contributed by atoms with E-state index in [2.05, 4.69) is 10.2 Å². The third-order valence-corrected chi connectivity index (χ3v) is 5.36. The standard InChI is InChI=1S/C18H34N4O2.2ClH/c1-15(21-11-5-2-3-6-12-21)18(24)22-13-7-4-8-16(22)14-20-17(23)9-10-19;;/h15-16H,2-14,19H2,1H3,(H,20,23);2*1H. The van der Waals surface area contributed by atoms with E-state index in [0.717, 1.165) is 38.9 Å². The maximum absolute atomic E-state index is 13.0. The number of hydrogen-bond donors (Lipinski definition) is 2. The van der Waals surface area contributed by atoms with E-state index < -0.39 is 0 Å². The van der Waals surface area contributed by atoms with Crippen LogP contribution in [0.3, 0.4) is 0 Å². The largest absolute Gasteiger partial charge is 0.354 e. The van der Waals surface area contributed by atoms with Crippen LogP contribution in [0.1, 0.15) is 58.3 Å². The molecular formula is C18H36Cl2N4O2. The zero-order chi connectivity index (χ0) is 17.4. The molecule has 0 aliphatic carbocycles. The first-order valence-electron chi connectivity index (χ1n) is 9.64. The van der Waals surface area contributed by atoms with Crippen LogP contribution in [0.5, 0.6) is 0 Å². The molecule has 2 unspecified atom stereocenters. The fourth-order valence-corrected chi connectivity index (χ4v) is 3.83. The number of nitrogens with two attached hydrogens (primary N) is 1. The van der Waals surface area contributed by atoms with Gasteiger partial charge in [-0.15, -0.1) is 24.8 Å². The molecule has 2 fully saturated rings. The number of hydrogen-bond acceptors (Lipinski definition) is 4. The maximum Gasteiger partial charge on any atom is 0.239 e. The molecule has 0 saturated carbocycles. The highest BCUT2D eigenvalue weighted by Crippen LogP contribution is 2.20. The number of nitrogens with one attached hydrogen (secondary N) is 1. The summed E-state index contributed by atoms with van der Waals surface area (Å²) in [5.41, 5.74) is 5.42. The van der Waals surface area contributed by atoms with Crippen LogP contribution < -0.4 is 11.1 Å². The Bertz CT molecular complexity index is 418. The van der Waals surface area contributed by atoms with Gasteiger partial charge in [-0.3, -0.25) is 14.5 Å². The van der Waals surface area contributed by atoms with Gasteiger partial charge in [-0.1, -0.05) is 12.8 Å². The molecule has 2 amide bonds. The third kappa shape index (κ3) is 7.59. The molecule has 0 radical (unpaired) electrons. The lowest BCUT2D eigenvalue weighted by atomic mass is 10.0. The molecular weight excluding hydrogens is 375 g/mol. The van der Waals surface area contributed by atoms with E-state index in [1.54, 1.807) is 0 Å². The smallest absolute Gasteiger partial charge is 0.239 e. The Balaban J connectivity index is 0.00000312. The second kappa shape index (κ2) is 13.6. The van der Waals surface area contributed by atoms with Gasteiger partial charge in [-0.05, 0) is 52.1 Å². The normalized spacial score (nSPS) is 22.4. The zero-order valence-corrected chi connectivity index (χ0v) is 17.6. The van der Waals surface area contributed by atoms with Crippen LogP contribution in [0.2, 0.25) is 0 Å². The predicted octanol–water partition coefficient (Wildman–Crippen LogP) is 1.94. The first kappa shape index (κ1) is 25.4. The van der Waals surface area contributed by atoms with Gasteiger partial charge in [0.05, 0.1) is 6.04 Å². The Kier molecular flexibility index (Phi) is 13.3. The van der Waals surface area contributed by atoms with Crippen molar-refractivity contribution in [1.82, 2.24) is 15.1 Å². The Morgan fingerprint density at radius 3 is 2.27 bits per heavy atom. The van der Waals surface area contributed by atoms with Crippen LogP contribution in [0, 0.1) is 0 Å². The third-order valence-electron chi connectivity index (χ3n) is 5.36. The van der Waals surface area contributed by atoms with Crippen LogP contribution in [0.4, 0.5) is 0 Å². The van der Waals surface area contributed by atoms with Gasteiger partial charge >= 0.3 is 0 Å². The van der Waals surface area contributed by atoms with E-state index in [1.807, 2.05) is 11.8 Å². The van der Waals surface area contributed by atoms with E-state index in [1.165, 1.54) is 25.7 Å². The van der Waals surface area contributed by atoms with Gasteiger partial charge in [-0.2, -0.15) is 0 Å². The van der Waals surface area contributed by atoms with Gasteiger partial charge in [0.25, 0.3) is 0 Å². The Morgan fingerprint density at radius 2 is 1.65 bits per heavy atom. The van der Waals surface area contributed by atoms with Crippen LogP contribution in [0.25, 0.3) is 0 Å². The number of carbonyl (C=O) groups is 2. The average Bonchev–Trinajstić information content (AvgIpc) is 2.88. The Morgan fingerprint density at radius 1 is 1.04 bits per heavy atom. The SMILES string of the molecule is CC(C(=O)N1CCCCC1CNC(=O)CCN)N1CCCCCC1.Cl.Cl. The van der Waals surface area contributed by atoms with E-state index in [-0.39, 0.29) is 48.7 Å². The molecule has 0 aromatic heterocycles. The van der Waals surface area contributed by atoms with Crippen LogP contribution >= 0.6 is 24.8 Å². The van der Waals surface area contributed by atoms with Crippen molar-refractivity contribution >= 4 is 36.6 Å². The summed E-state index contributed by atoms with van der Waals surface area (Å²) in [4.78, 5) is 29.1. The first-order valence-corrected chi connectivity index (χ1v) is 9.64. The number of carbonyl (C=O) groups excluding carboxylic acids is 2. The molecule has 0 bridgehead atoms. The topological polar surface area (TPSA) is 78.7 Å². The molecule has 2 atom stereocenters. The minimum Gasteiger partial charge on any atom is -0.354 e. The van der Waals surface area contributed by atoms with Crippen LogP contribution in [0.15, 0.2) is 0 Å². The van der Waals surface area contributed by atoms with Crippen molar-refractivity contribution in [3.05, 3.63) is 0 Å². The summed E-state index contributed by atoms with van der Waals surface area (Å²) < 4.78 is 0. The number of rotatable bonds is 6. The molecule has 0 spiro atoms. The van der Waals surface area contributed by atoms with Gasteiger partial charge in [0.2, 0.25) is 11.8 Å². The molecule has 2 aliphatic rings. The van der Waals surface area contributed by atoms with Crippen molar-refractivity contribution in [3.8, 4) is 0 Å². The predicted molar refractivity (Wildman–Crippen MR) is 110 cm³/mol. The Hall–Kier alpha value is -0.560. The lowest BCUT2D eigenvalue weighted by Crippen LogP contribution is -2.55. The first-order chi connectivity index (χ1) is 11.6. The molecule has 0 aromatic carbocycles. The average molecular weight is 411 g/mol. The number of likely N-dealkylation sites (tertiary alicyclic amines) is 2. The van der Waals surface area contributed by atoms with Crippen molar-refractivity contribution in [3.63, 3.8) is 0 Å². The van der Waals surface area contributed by atoms with E-state index in [9.17, 15) is 9.59 Å².